The Balaban J connectivity index is 1.94. The summed E-state index contributed by atoms with van der Waals surface area (Å²) in [4.78, 5) is 0.252. The largest absolute Gasteiger partial charge is 0.243 e. The number of hydrogen-bond acceptors (Lipinski definition) is 2. The third kappa shape index (κ3) is 5.33. The molecule has 0 atom stereocenters. The van der Waals surface area contributed by atoms with Gasteiger partial charge in [-0.2, -0.15) is 4.31 Å². The second-order valence-electron chi connectivity index (χ2n) is 5.64. The Kier molecular flexibility index (Phi) is 7.10. The van der Waals surface area contributed by atoms with Gasteiger partial charge in [0.15, 0.2) is 0 Å². The number of aryl methyl sites for hydroxylation is 1. The van der Waals surface area contributed by atoms with E-state index in [1.807, 2.05) is 0 Å². The highest BCUT2D eigenvalue weighted by Gasteiger charge is 2.22. The van der Waals surface area contributed by atoms with Gasteiger partial charge >= 0.3 is 0 Å². The maximum atomic E-state index is 13.6. The molecule has 0 radical (unpaired) electrons. The van der Waals surface area contributed by atoms with Gasteiger partial charge < -0.3 is 0 Å². The van der Waals surface area contributed by atoms with Crippen molar-refractivity contribution in [3.63, 3.8) is 0 Å². The lowest BCUT2D eigenvalue weighted by Gasteiger charge is -2.20. The van der Waals surface area contributed by atoms with Crippen molar-refractivity contribution >= 4 is 26.0 Å². The molecular weight excluding hydrogens is 412 g/mol. The molecule has 0 aliphatic heterocycles. The third-order valence-corrected chi connectivity index (χ3v) is 6.44. The van der Waals surface area contributed by atoms with Crippen molar-refractivity contribution in [2.45, 2.75) is 31.1 Å². The summed E-state index contributed by atoms with van der Waals surface area (Å²) < 4.78 is 54.0. The first-order chi connectivity index (χ1) is 11.8. The molecule has 0 saturated carbocycles. The van der Waals surface area contributed by atoms with Crippen LogP contribution in [0.1, 0.15) is 25.3 Å². The Bertz CT molecular complexity index is 810. The predicted molar refractivity (Wildman–Crippen MR) is 97.9 cm³/mol. The van der Waals surface area contributed by atoms with E-state index in [4.69, 9.17) is 0 Å². The molecule has 0 unspecified atom stereocenters. The monoisotopic (exact) mass is 431 g/mol. The molecule has 0 bridgehead atoms. The molecule has 2 rings (SSSR count). The van der Waals surface area contributed by atoms with Crippen LogP contribution >= 0.6 is 15.9 Å². The van der Waals surface area contributed by atoms with Crippen molar-refractivity contribution in [1.82, 2.24) is 4.31 Å². The molecule has 0 heterocycles. The van der Waals surface area contributed by atoms with Gasteiger partial charge in [0.1, 0.15) is 11.6 Å². The second-order valence-corrected chi connectivity index (χ2v) is 8.50. The minimum Gasteiger partial charge on any atom is -0.207 e. The summed E-state index contributed by atoms with van der Waals surface area (Å²) in [5, 5.41) is 0. The zero-order valence-electron chi connectivity index (χ0n) is 13.9. The SMILES string of the molecule is CCN(CCCCc1ccc(F)cc1F)S(=O)(=O)c1ccc(Br)cc1. The lowest BCUT2D eigenvalue weighted by atomic mass is 10.1. The predicted octanol–water partition coefficient (Wildman–Crippen LogP) is 4.76. The summed E-state index contributed by atoms with van der Waals surface area (Å²) >= 11 is 3.29. The molecule has 7 heteroatoms. The van der Waals surface area contributed by atoms with E-state index >= 15 is 0 Å². The number of benzene rings is 2. The van der Waals surface area contributed by atoms with Gasteiger partial charge in [0.25, 0.3) is 0 Å². The van der Waals surface area contributed by atoms with E-state index in [9.17, 15) is 17.2 Å². The Morgan fingerprint density at radius 1 is 1.04 bits per heavy atom. The Morgan fingerprint density at radius 2 is 1.72 bits per heavy atom. The summed E-state index contributed by atoms with van der Waals surface area (Å²) in [5.41, 5.74) is 0.445. The molecule has 136 valence electrons. The van der Waals surface area contributed by atoms with Gasteiger partial charge in [0, 0.05) is 23.6 Å². The molecule has 25 heavy (non-hydrogen) atoms. The van der Waals surface area contributed by atoms with E-state index < -0.39 is 21.7 Å². The Labute approximate surface area is 155 Å². The summed E-state index contributed by atoms with van der Waals surface area (Å²) in [7, 11) is -3.54. The molecule has 0 fully saturated rings. The van der Waals surface area contributed by atoms with Gasteiger partial charge in [-0.25, -0.2) is 17.2 Å². The minimum atomic E-state index is -3.54. The Morgan fingerprint density at radius 3 is 2.32 bits per heavy atom. The fourth-order valence-corrected chi connectivity index (χ4v) is 4.28. The van der Waals surface area contributed by atoms with Crippen molar-refractivity contribution < 1.29 is 17.2 Å². The molecule has 0 spiro atoms. The highest BCUT2D eigenvalue weighted by molar-refractivity contribution is 9.10. The summed E-state index contributed by atoms with van der Waals surface area (Å²) in [6, 6.07) is 10.0. The van der Waals surface area contributed by atoms with Crippen LogP contribution in [0.3, 0.4) is 0 Å². The zero-order chi connectivity index (χ0) is 18.4. The number of nitrogens with zero attached hydrogens (tertiary/aromatic N) is 1. The van der Waals surface area contributed by atoms with Gasteiger partial charge in [0.05, 0.1) is 4.90 Å². The van der Waals surface area contributed by atoms with Crippen LogP contribution in [0.2, 0.25) is 0 Å². The summed E-state index contributed by atoms with van der Waals surface area (Å²) in [6.07, 6.45) is 1.66. The molecule has 0 aromatic heterocycles. The zero-order valence-corrected chi connectivity index (χ0v) is 16.3. The number of rotatable bonds is 8. The average molecular weight is 432 g/mol. The van der Waals surface area contributed by atoms with Crippen LogP contribution in [-0.2, 0) is 16.4 Å². The topological polar surface area (TPSA) is 37.4 Å². The van der Waals surface area contributed by atoms with Crippen LogP contribution < -0.4 is 0 Å². The molecule has 3 nitrogen and oxygen atoms in total. The maximum Gasteiger partial charge on any atom is 0.243 e. The first-order valence-corrected chi connectivity index (χ1v) is 10.3. The van der Waals surface area contributed by atoms with E-state index in [0.29, 0.717) is 37.9 Å². The van der Waals surface area contributed by atoms with Crippen LogP contribution in [0.4, 0.5) is 8.78 Å². The van der Waals surface area contributed by atoms with E-state index in [1.165, 1.54) is 16.4 Å². The van der Waals surface area contributed by atoms with Crippen LogP contribution in [0.25, 0.3) is 0 Å². The molecular formula is C18H20BrF2NO2S. The van der Waals surface area contributed by atoms with Gasteiger partial charge in [-0.1, -0.05) is 28.9 Å². The smallest absolute Gasteiger partial charge is 0.207 e. The number of hydrogen-bond donors (Lipinski definition) is 0. The van der Waals surface area contributed by atoms with E-state index in [-0.39, 0.29) is 4.90 Å². The molecule has 2 aromatic rings. The highest BCUT2D eigenvalue weighted by atomic mass is 79.9. The van der Waals surface area contributed by atoms with E-state index in [2.05, 4.69) is 15.9 Å². The summed E-state index contributed by atoms with van der Waals surface area (Å²) in [6.45, 7) is 2.51. The molecule has 0 amide bonds. The quantitative estimate of drug-likeness (QED) is 0.564. The van der Waals surface area contributed by atoms with Gasteiger partial charge in [-0.3, -0.25) is 0 Å². The van der Waals surface area contributed by atoms with E-state index in [0.717, 1.165) is 10.5 Å². The van der Waals surface area contributed by atoms with Gasteiger partial charge in [-0.05, 0) is 55.2 Å². The lowest BCUT2D eigenvalue weighted by Crippen LogP contribution is -2.31. The first kappa shape index (κ1) is 20.0. The Hall–Kier alpha value is -1.31. The molecule has 0 saturated heterocycles. The van der Waals surface area contributed by atoms with Gasteiger partial charge in [0.2, 0.25) is 10.0 Å². The fraction of sp³-hybridized carbons (Fsp3) is 0.333. The van der Waals surface area contributed by atoms with Crippen LogP contribution in [-0.4, -0.2) is 25.8 Å². The second kappa shape index (κ2) is 8.87. The van der Waals surface area contributed by atoms with Crippen molar-refractivity contribution in [3.8, 4) is 0 Å². The fourth-order valence-electron chi connectivity index (χ4n) is 2.53. The van der Waals surface area contributed by atoms with Crippen LogP contribution in [0, 0.1) is 11.6 Å². The first-order valence-electron chi connectivity index (χ1n) is 8.04. The molecule has 0 N–H and O–H groups in total. The van der Waals surface area contributed by atoms with Crippen LogP contribution in [0.5, 0.6) is 0 Å². The molecule has 0 aliphatic rings. The number of halogens is 3. The number of unbranched alkanes of at least 4 members (excludes halogenated alkanes) is 1. The number of sulfonamides is 1. The minimum absolute atomic E-state index is 0.252. The molecule has 2 aromatic carbocycles. The average Bonchev–Trinajstić information content (AvgIpc) is 2.56. The van der Waals surface area contributed by atoms with Crippen molar-refractivity contribution in [2.24, 2.45) is 0 Å². The van der Waals surface area contributed by atoms with E-state index in [1.54, 1.807) is 31.2 Å². The van der Waals surface area contributed by atoms with Crippen molar-refractivity contribution in [1.29, 1.82) is 0 Å². The van der Waals surface area contributed by atoms with Crippen LogP contribution in [0.15, 0.2) is 51.8 Å². The van der Waals surface area contributed by atoms with Crippen molar-refractivity contribution in [2.75, 3.05) is 13.1 Å². The normalized spacial score (nSPS) is 11.9. The third-order valence-electron chi connectivity index (χ3n) is 3.92. The highest BCUT2D eigenvalue weighted by Crippen LogP contribution is 2.19. The van der Waals surface area contributed by atoms with Gasteiger partial charge in [-0.15, -0.1) is 0 Å². The lowest BCUT2D eigenvalue weighted by molar-refractivity contribution is 0.415. The molecule has 0 aliphatic carbocycles. The maximum absolute atomic E-state index is 13.6. The summed E-state index contributed by atoms with van der Waals surface area (Å²) in [5.74, 6) is -1.16. The standard InChI is InChI=1S/C18H20BrF2NO2S/c1-2-22(25(23,24)17-10-7-15(19)8-11-17)12-4-3-5-14-6-9-16(20)13-18(14)21/h6-11,13H,2-5,12H2,1H3. The van der Waals surface area contributed by atoms with Crippen molar-refractivity contribution in [3.05, 3.63) is 64.1 Å².